The predicted molar refractivity (Wildman–Crippen MR) is 164 cm³/mol. The van der Waals surface area contributed by atoms with Crippen LogP contribution in [0.2, 0.25) is 0 Å². The Balaban J connectivity index is 3.56. The van der Waals surface area contributed by atoms with Crippen molar-refractivity contribution in [2.75, 3.05) is 61.2 Å². The van der Waals surface area contributed by atoms with Crippen molar-refractivity contribution in [1.82, 2.24) is 0 Å². The highest BCUT2D eigenvalue weighted by molar-refractivity contribution is 7.47. The highest BCUT2D eigenvalue weighted by Gasteiger charge is 2.27. The van der Waals surface area contributed by atoms with Gasteiger partial charge in [-0.2, -0.15) is 0 Å². The first-order valence-electron chi connectivity index (χ1n) is 15.9. The van der Waals surface area contributed by atoms with Gasteiger partial charge in [-0.25, -0.2) is 4.57 Å². The molecule has 1 unspecified atom stereocenters. The molecule has 0 aliphatic heterocycles. The van der Waals surface area contributed by atoms with Gasteiger partial charge in [0.15, 0.2) is 0 Å². The molecule has 0 rings (SSSR count). The molecule has 7 nitrogen and oxygen atoms in total. The van der Waals surface area contributed by atoms with Gasteiger partial charge in [-0.15, -0.1) is 0 Å². The van der Waals surface area contributed by atoms with Gasteiger partial charge in [-0.1, -0.05) is 103 Å². The molecule has 0 aromatic carbocycles. The summed E-state index contributed by atoms with van der Waals surface area (Å²) in [7, 11) is 3.38. The standard InChI is InChI=1S/C31H64NO6P/c1-6-7-8-9-10-11-12-13-14-15-16-17-18-19-20-21-22-23-24-25-27-36-30-31(29-35-5)38-39(33,34)37-28-26-32(2,3)4/h14-15,31H,6-13,16-30H2,1-5H3/p+1/t31-/m0/s1. The van der Waals surface area contributed by atoms with E-state index in [0.29, 0.717) is 17.6 Å². The normalized spacial score (nSPS) is 14.7. The molecular weight excluding hydrogens is 513 g/mol. The lowest BCUT2D eigenvalue weighted by molar-refractivity contribution is -0.870. The van der Waals surface area contributed by atoms with Gasteiger partial charge in [-0.3, -0.25) is 9.05 Å². The Hall–Kier alpha value is -0.270. The van der Waals surface area contributed by atoms with Gasteiger partial charge in [-0.05, 0) is 32.1 Å². The number of methoxy groups -OCH3 is 1. The molecule has 0 saturated heterocycles. The quantitative estimate of drug-likeness (QED) is 0.0399. The van der Waals surface area contributed by atoms with Crippen molar-refractivity contribution in [3.05, 3.63) is 12.2 Å². The van der Waals surface area contributed by atoms with E-state index in [1.165, 1.54) is 110 Å². The summed E-state index contributed by atoms with van der Waals surface area (Å²) in [5.41, 5.74) is 0. The Bertz CT molecular complexity index is 596. The zero-order valence-electron chi connectivity index (χ0n) is 26.4. The zero-order chi connectivity index (χ0) is 29.1. The molecule has 0 bridgehead atoms. The molecule has 0 heterocycles. The Morgan fingerprint density at radius 1 is 0.718 bits per heavy atom. The molecule has 0 radical (unpaired) electrons. The van der Waals surface area contributed by atoms with E-state index in [1.54, 1.807) is 0 Å². The Morgan fingerprint density at radius 2 is 1.21 bits per heavy atom. The monoisotopic (exact) mass is 578 g/mol. The summed E-state index contributed by atoms with van der Waals surface area (Å²) >= 11 is 0. The number of phosphoric acid groups is 1. The fourth-order valence-electron chi connectivity index (χ4n) is 4.32. The second-order valence-electron chi connectivity index (χ2n) is 11.9. The molecule has 2 atom stereocenters. The lowest BCUT2D eigenvalue weighted by Gasteiger charge is -2.25. The maximum Gasteiger partial charge on any atom is 0.472 e. The average Bonchev–Trinajstić information content (AvgIpc) is 2.86. The lowest BCUT2D eigenvalue weighted by Crippen LogP contribution is -2.37. The van der Waals surface area contributed by atoms with E-state index < -0.39 is 13.9 Å². The summed E-state index contributed by atoms with van der Waals surface area (Å²) in [6.07, 6.45) is 27.7. The highest BCUT2D eigenvalue weighted by Crippen LogP contribution is 2.44. The van der Waals surface area contributed by atoms with Crippen LogP contribution in [0.25, 0.3) is 0 Å². The van der Waals surface area contributed by atoms with Crippen molar-refractivity contribution in [3.8, 4) is 0 Å². The van der Waals surface area contributed by atoms with Gasteiger partial charge >= 0.3 is 7.82 Å². The van der Waals surface area contributed by atoms with Crippen LogP contribution >= 0.6 is 7.82 Å². The number of hydrogen-bond donors (Lipinski definition) is 1. The topological polar surface area (TPSA) is 74.2 Å². The largest absolute Gasteiger partial charge is 0.472 e. The van der Waals surface area contributed by atoms with E-state index in [1.807, 2.05) is 21.1 Å². The first-order valence-corrected chi connectivity index (χ1v) is 17.4. The lowest BCUT2D eigenvalue weighted by atomic mass is 10.1. The van der Waals surface area contributed by atoms with E-state index in [4.69, 9.17) is 18.5 Å². The summed E-state index contributed by atoms with van der Waals surface area (Å²) in [6.45, 7) is 4.04. The molecule has 0 amide bonds. The first-order chi connectivity index (χ1) is 18.7. The molecule has 0 spiro atoms. The number of allylic oxidation sites excluding steroid dienone is 2. The maximum absolute atomic E-state index is 12.2. The fourth-order valence-corrected chi connectivity index (χ4v) is 5.19. The third kappa shape index (κ3) is 30.5. The van der Waals surface area contributed by atoms with Crippen LogP contribution in [0.1, 0.15) is 122 Å². The summed E-state index contributed by atoms with van der Waals surface area (Å²) in [4.78, 5) is 9.98. The van der Waals surface area contributed by atoms with E-state index in [-0.39, 0.29) is 19.8 Å². The third-order valence-corrected chi connectivity index (χ3v) is 7.83. The van der Waals surface area contributed by atoms with E-state index in [2.05, 4.69) is 19.1 Å². The zero-order valence-corrected chi connectivity index (χ0v) is 27.3. The smallest absolute Gasteiger partial charge is 0.382 e. The van der Waals surface area contributed by atoms with Crippen LogP contribution in [0.5, 0.6) is 0 Å². The van der Waals surface area contributed by atoms with Crippen LogP contribution in [0.15, 0.2) is 12.2 Å². The number of ether oxygens (including phenoxy) is 2. The van der Waals surface area contributed by atoms with E-state index >= 15 is 0 Å². The van der Waals surface area contributed by atoms with E-state index in [9.17, 15) is 9.46 Å². The number of likely N-dealkylation sites (N-methyl/N-ethyl adjacent to an activating group) is 1. The average molecular weight is 579 g/mol. The molecule has 234 valence electrons. The third-order valence-electron chi connectivity index (χ3n) is 6.76. The minimum absolute atomic E-state index is 0.147. The molecule has 1 N–H and O–H groups in total. The molecule has 0 aliphatic carbocycles. The maximum atomic E-state index is 12.2. The van der Waals surface area contributed by atoms with Crippen LogP contribution in [0, 0.1) is 0 Å². The molecule has 0 saturated carbocycles. The van der Waals surface area contributed by atoms with Crippen molar-refractivity contribution in [2.24, 2.45) is 0 Å². The van der Waals surface area contributed by atoms with Crippen molar-refractivity contribution in [2.45, 2.75) is 129 Å². The molecule has 0 aliphatic rings. The summed E-state index contributed by atoms with van der Waals surface area (Å²) in [5, 5.41) is 0. The highest BCUT2D eigenvalue weighted by atomic mass is 31.2. The van der Waals surface area contributed by atoms with Crippen molar-refractivity contribution in [3.63, 3.8) is 0 Å². The van der Waals surface area contributed by atoms with Crippen molar-refractivity contribution in [1.29, 1.82) is 0 Å². The second kappa shape index (κ2) is 26.6. The summed E-state index contributed by atoms with van der Waals surface area (Å²) in [6, 6.07) is 0. The molecule has 8 heteroatoms. The van der Waals surface area contributed by atoms with E-state index in [0.717, 1.165) is 12.8 Å². The number of quaternary nitrogens is 1. The van der Waals surface area contributed by atoms with Crippen LogP contribution in [-0.2, 0) is 23.1 Å². The minimum Gasteiger partial charge on any atom is -0.382 e. The summed E-state index contributed by atoms with van der Waals surface area (Å²) < 4.78 is 34.0. The van der Waals surface area contributed by atoms with Gasteiger partial charge in [0, 0.05) is 13.7 Å². The summed E-state index contributed by atoms with van der Waals surface area (Å²) in [5.74, 6) is 0. The van der Waals surface area contributed by atoms with Gasteiger partial charge < -0.3 is 18.9 Å². The van der Waals surface area contributed by atoms with Crippen LogP contribution in [-0.4, -0.2) is 76.7 Å². The Morgan fingerprint density at radius 3 is 1.69 bits per heavy atom. The second-order valence-corrected chi connectivity index (χ2v) is 13.3. The number of nitrogens with zero attached hydrogens (tertiary/aromatic N) is 1. The van der Waals surface area contributed by atoms with Gasteiger partial charge in [0.1, 0.15) is 19.3 Å². The first kappa shape index (κ1) is 38.7. The number of rotatable bonds is 30. The Kier molecular flexibility index (Phi) is 26.4. The molecular formula is C31H65NO6P+. The predicted octanol–water partition coefficient (Wildman–Crippen LogP) is 8.46. The van der Waals surface area contributed by atoms with Crippen molar-refractivity contribution >= 4 is 7.82 Å². The number of unbranched alkanes of at least 4 members (excludes halogenated alkanes) is 16. The van der Waals surface area contributed by atoms with Crippen LogP contribution < -0.4 is 0 Å². The van der Waals surface area contributed by atoms with Gasteiger partial charge in [0.2, 0.25) is 0 Å². The number of phosphoric ester groups is 1. The minimum atomic E-state index is -4.14. The van der Waals surface area contributed by atoms with Gasteiger partial charge in [0.05, 0.1) is 34.4 Å². The molecule has 0 aromatic rings. The SMILES string of the molecule is CCCCCCCCCC=CCCCCCCCCCCCOC[C@H](COC)OP(=O)(O)OCC[N+](C)(C)C. The van der Waals surface area contributed by atoms with Crippen LogP contribution in [0.4, 0.5) is 0 Å². The van der Waals surface area contributed by atoms with Crippen molar-refractivity contribution < 1.29 is 32.5 Å². The van der Waals surface area contributed by atoms with Crippen LogP contribution in [0.3, 0.4) is 0 Å². The Labute approximate surface area is 242 Å². The molecule has 0 aromatic heterocycles. The number of hydrogen-bond acceptors (Lipinski definition) is 5. The molecule has 39 heavy (non-hydrogen) atoms. The fraction of sp³-hybridized carbons (Fsp3) is 0.935. The van der Waals surface area contributed by atoms with Gasteiger partial charge in [0.25, 0.3) is 0 Å². The molecule has 0 fully saturated rings.